The summed E-state index contributed by atoms with van der Waals surface area (Å²) in [6.07, 6.45) is 0. The van der Waals surface area contributed by atoms with Crippen LogP contribution in [0.25, 0.3) is 0 Å². The lowest BCUT2D eigenvalue weighted by Crippen LogP contribution is -2.25. The highest BCUT2D eigenvalue weighted by molar-refractivity contribution is 6.74. The first-order chi connectivity index (χ1) is 17.6. The summed E-state index contributed by atoms with van der Waals surface area (Å²) in [5, 5.41) is 13.4. The maximum absolute atomic E-state index is 5.43. The number of nitrogens with zero attached hydrogens (tertiary/aromatic N) is 6. The van der Waals surface area contributed by atoms with Gasteiger partial charge in [-0.3, -0.25) is 0 Å². The molecular weight excluding hydrogens is 472 g/mol. The number of hydrogen-bond acceptors (Lipinski definition) is 9. The molecule has 9 nitrogen and oxygen atoms in total. The molecule has 0 atom stereocenters. The van der Waals surface area contributed by atoms with Gasteiger partial charge in [0.15, 0.2) is 0 Å². The van der Waals surface area contributed by atoms with Gasteiger partial charge < -0.3 is 14.2 Å². The van der Waals surface area contributed by atoms with Gasteiger partial charge in [0.05, 0.1) is 41.0 Å². The Bertz CT molecular complexity index is 1060. The monoisotopic (exact) mass is 504 g/mol. The van der Waals surface area contributed by atoms with Gasteiger partial charge in [-0.25, -0.2) is 0 Å². The van der Waals surface area contributed by atoms with Gasteiger partial charge in [0, 0.05) is 22.7 Å². The van der Waals surface area contributed by atoms with E-state index >= 15 is 0 Å². The lowest BCUT2D eigenvalue weighted by Gasteiger charge is -2.12. The first kappa shape index (κ1) is 26.7. The molecule has 0 radical (unpaired) electrons. The molecule has 3 aromatic carbocycles. The van der Waals surface area contributed by atoms with E-state index in [2.05, 4.69) is 29.7 Å². The summed E-state index contributed by atoms with van der Waals surface area (Å²) in [6.45, 7) is 3.03. The Hall–Kier alpha value is -3.92. The lowest BCUT2D eigenvalue weighted by molar-refractivity contribution is 0.409. The third kappa shape index (κ3) is 7.29. The maximum Gasteiger partial charge on any atom is 0.490 e. The van der Waals surface area contributed by atoms with Gasteiger partial charge in [-0.05, 0) is 18.2 Å². The van der Waals surface area contributed by atoms with Crippen LogP contribution in [0.15, 0.2) is 102 Å². The molecule has 0 heterocycles. The molecule has 0 aromatic heterocycles. The van der Waals surface area contributed by atoms with E-state index in [1.165, 1.54) is 0 Å². The molecule has 0 aliphatic heterocycles. The quantitative estimate of drug-likeness (QED) is 0.186. The van der Waals surface area contributed by atoms with Gasteiger partial charge in [0.25, 0.3) is 0 Å². The summed E-state index contributed by atoms with van der Waals surface area (Å²) in [5.74, 6) is 2.28. The molecule has 0 saturated heterocycles. The van der Waals surface area contributed by atoms with Gasteiger partial charge in [-0.1, -0.05) is 61.5 Å². The fourth-order valence-corrected chi connectivity index (χ4v) is 4.88. The van der Waals surface area contributed by atoms with Crippen molar-refractivity contribution in [3.05, 3.63) is 89.5 Å². The second kappa shape index (κ2) is 13.8. The zero-order chi connectivity index (χ0) is 25.6. The molecule has 10 heteroatoms. The van der Waals surface area contributed by atoms with Crippen LogP contribution in [0, 0.1) is 0 Å². The topological polar surface area (TPSA) is 102 Å². The van der Waals surface area contributed by atoms with Crippen LogP contribution < -0.4 is 14.2 Å². The summed E-state index contributed by atoms with van der Waals surface area (Å²) in [5.41, 5.74) is 2.79. The Kier molecular flexibility index (Phi) is 10.3. The predicted molar refractivity (Wildman–Crippen MR) is 141 cm³/mol. The number of benzene rings is 3. The van der Waals surface area contributed by atoms with Crippen LogP contribution in [0.4, 0.5) is 0 Å². The highest BCUT2D eigenvalue weighted by Gasteiger charge is 2.35. The second-order valence-electron chi connectivity index (χ2n) is 7.76. The van der Waals surface area contributed by atoms with Gasteiger partial charge in [0.1, 0.15) is 17.2 Å². The third-order valence-corrected chi connectivity index (χ3v) is 7.80. The second-order valence-corrected chi connectivity index (χ2v) is 10.6. The van der Waals surface area contributed by atoms with E-state index < -0.39 is 8.56 Å². The normalized spacial score (nSPS) is 13.3. The smallest absolute Gasteiger partial charge is 0.490 e. The van der Waals surface area contributed by atoms with Gasteiger partial charge in [-0.2, -0.15) is 29.7 Å². The largest absolute Gasteiger partial charge is 0.496 e. The van der Waals surface area contributed by atoms with Crippen LogP contribution in [0.3, 0.4) is 0 Å². The predicted octanol–water partition coefficient (Wildman–Crippen LogP) is 6.93. The summed E-state index contributed by atoms with van der Waals surface area (Å²) >= 11 is 0. The molecular formula is C26H32N6O3Si. The summed E-state index contributed by atoms with van der Waals surface area (Å²) in [7, 11) is 1.85. The van der Waals surface area contributed by atoms with E-state index in [-0.39, 0.29) is 0 Å². The van der Waals surface area contributed by atoms with E-state index in [0.717, 1.165) is 33.9 Å². The molecule has 0 aliphatic rings. The van der Waals surface area contributed by atoms with Crippen molar-refractivity contribution in [3.8, 4) is 17.2 Å². The zero-order valence-corrected chi connectivity index (χ0v) is 22.2. The molecule has 0 fully saturated rings. The van der Waals surface area contributed by atoms with Gasteiger partial charge >= 0.3 is 8.56 Å². The fraction of sp³-hybridized carbons (Fsp3) is 0.308. The van der Waals surface area contributed by atoms with E-state index in [1.54, 1.807) is 21.3 Å². The SMILES string of the molecule is CC[Si](N=NCc1ccccc1OC)(N=NCc1ccccc1OC)N=NCc1ccccc1OC. The Morgan fingerprint density at radius 1 is 0.528 bits per heavy atom. The zero-order valence-electron chi connectivity index (χ0n) is 21.2. The number of rotatable bonds is 13. The Labute approximate surface area is 213 Å². The summed E-state index contributed by atoms with van der Waals surface area (Å²) in [4.78, 5) is 0. The molecule has 0 unspecified atom stereocenters. The molecule has 0 aliphatic carbocycles. The Morgan fingerprint density at radius 2 is 0.833 bits per heavy atom. The van der Waals surface area contributed by atoms with E-state index in [0.29, 0.717) is 25.7 Å². The molecule has 0 amide bonds. The Morgan fingerprint density at radius 3 is 1.11 bits per heavy atom. The third-order valence-electron chi connectivity index (χ3n) is 5.47. The highest BCUT2D eigenvalue weighted by Crippen LogP contribution is 2.24. The first-order valence-electron chi connectivity index (χ1n) is 11.7. The van der Waals surface area contributed by atoms with Crippen LogP contribution in [-0.2, 0) is 19.6 Å². The molecule has 36 heavy (non-hydrogen) atoms. The maximum atomic E-state index is 5.43. The minimum absolute atomic E-state index is 0.350. The molecule has 3 aromatic rings. The van der Waals surface area contributed by atoms with E-state index in [9.17, 15) is 0 Å². The van der Waals surface area contributed by atoms with Crippen molar-refractivity contribution in [1.29, 1.82) is 0 Å². The molecule has 0 saturated carbocycles. The van der Waals surface area contributed by atoms with Crippen molar-refractivity contribution in [2.75, 3.05) is 21.3 Å². The standard InChI is InChI=1S/C26H32N6O3Si/c1-5-36(30-27-18-21-12-6-9-15-24(21)33-2,31-28-19-22-13-7-10-16-25(22)34-3)32-29-20-23-14-8-11-17-26(23)35-4/h6-17H,5,18-20H2,1-4H3. The van der Waals surface area contributed by atoms with Crippen LogP contribution in [0.1, 0.15) is 23.6 Å². The number of ether oxygens (including phenoxy) is 3. The average Bonchev–Trinajstić information content (AvgIpc) is 2.93. The minimum atomic E-state index is -3.06. The van der Waals surface area contributed by atoms with Crippen LogP contribution in [0.2, 0.25) is 6.04 Å². The highest BCUT2D eigenvalue weighted by atomic mass is 28.4. The summed E-state index contributed by atoms with van der Waals surface area (Å²) in [6, 6.07) is 23.7. The van der Waals surface area contributed by atoms with Crippen molar-refractivity contribution in [2.45, 2.75) is 32.6 Å². The van der Waals surface area contributed by atoms with Crippen molar-refractivity contribution >= 4 is 8.56 Å². The number of hydrogen-bond donors (Lipinski definition) is 0. The molecule has 188 valence electrons. The van der Waals surface area contributed by atoms with Crippen LogP contribution >= 0.6 is 0 Å². The fourth-order valence-electron chi connectivity index (χ4n) is 3.45. The van der Waals surface area contributed by atoms with Gasteiger partial charge in [0.2, 0.25) is 0 Å². The lowest BCUT2D eigenvalue weighted by atomic mass is 10.2. The Balaban J connectivity index is 1.85. The molecule has 0 bridgehead atoms. The minimum Gasteiger partial charge on any atom is -0.496 e. The van der Waals surface area contributed by atoms with E-state index in [4.69, 9.17) is 14.2 Å². The molecule has 0 spiro atoms. The van der Waals surface area contributed by atoms with Gasteiger partial charge in [-0.15, -0.1) is 0 Å². The van der Waals surface area contributed by atoms with Crippen molar-refractivity contribution in [3.63, 3.8) is 0 Å². The molecule has 3 rings (SSSR count). The van der Waals surface area contributed by atoms with E-state index in [1.807, 2.05) is 79.7 Å². The van der Waals surface area contributed by atoms with Crippen LogP contribution in [-0.4, -0.2) is 29.9 Å². The summed E-state index contributed by atoms with van der Waals surface area (Å²) < 4.78 is 30.1. The van der Waals surface area contributed by atoms with Crippen molar-refractivity contribution in [2.24, 2.45) is 29.7 Å². The number of para-hydroxylation sites is 3. The van der Waals surface area contributed by atoms with Crippen molar-refractivity contribution in [1.82, 2.24) is 0 Å². The van der Waals surface area contributed by atoms with Crippen molar-refractivity contribution < 1.29 is 14.2 Å². The van der Waals surface area contributed by atoms with Crippen LogP contribution in [0.5, 0.6) is 17.2 Å². The molecule has 0 N–H and O–H groups in total. The number of methoxy groups -OCH3 is 3. The first-order valence-corrected chi connectivity index (χ1v) is 13.7. The average molecular weight is 505 g/mol.